The first-order valence-electron chi connectivity index (χ1n) is 3.11. The summed E-state index contributed by atoms with van der Waals surface area (Å²) in [5.74, 6) is 0. The minimum absolute atomic E-state index is 0.581. The summed E-state index contributed by atoms with van der Waals surface area (Å²) < 4.78 is 0. The van der Waals surface area contributed by atoms with Gasteiger partial charge in [0.15, 0.2) is 0 Å². The molecule has 1 unspecified atom stereocenters. The van der Waals surface area contributed by atoms with E-state index < -0.39 is 0 Å². The maximum absolute atomic E-state index is 3.70. The van der Waals surface area contributed by atoms with E-state index in [9.17, 15) is 0 Å². The molecule has 0 saturated carbocycles. The van der Waals surface area contributed by atoms with Crippen molar-refractivity contribution < 1.29 is 0 Å². The molecule has 0 fully saturated rings. The minimum atomic E-state index is 0.581. The Morgan fingerprint density at radius 3 is 2.11 bits per heavy atom. The van der Waals surface area contributed by atoms with Gasteiger partial charge >= 0.3 is 0 Å². The van der Waals surface area contributed by atoms with Gasteiger partial charge in [-0.25, -0.2) is 0 Å². The molecular formula is C7H14S2. The molecule has 2 heteroatoms. The summed E-state index contributed by atoms with van der Waals surface area (Å²) in [7, 11) is 3.79. The second kappa shape index (κ2) is 5.24. The standard InChI is InChI=1S/C7H14S2/c1-5-7(4)9-8-6(2)3/h5-7H,1H2,2-4H3. The Morgan fingerprint density at radius 2 is 1.78 bits per heavy atom. The van der Waals surface area contributed by atoms with E-state index in [4.69, 9.17) is 0 Å². The van der Waals surface area contributed by atoms with Crippen molar-refractivity contribution in [3.05, 3.63) is 12.7 Å². The van der Waals surface area contributed by atoms with Crippen molar-refractivity contribution in [3.8, 4) is 0 Å². The summed E-state index contributed by atoms with van der Waals surface area (Å²) >= 11 is 0. The Balaban J connectivity index is 3.16. The predicted molar refractivity (Wildman–Crippen MR) is 50.0 cm³/mol. The monoisotopic (exact) mass is 162 g/mol. The molecule has 0 radical (unpaired) electrons. The molecule has 0 nitrogen and oxygen atoms in total. The van der Waals surface area contributed by atoms with Crippen LogP contribution in [0.4, 0.5) is 0 Å². The highest BCUT2D eigenvalue weighted by molar-refractivity contribution is 8.77. The number of hydrogen-bond donors (Lipinski definition) is 0. The molecule has 0 aromatic carbocycles. The first-order valence-corrected chi connectivity index (χ1v) is 5.39. The van der Waals surface area contributed by atoms with Crippen LogP contribution in [0.3, 0.4) is 0 Å². The van der Waals surface area contributed by atoms with E-state index in [-0.39, 0.29) is 0 Å². The largest absolute Gasteiger partial charge is 0.102 e. The molecule has 0 aromatic rings. The lowest BCUT2D eigenvalue weighted by Crippen LogP contribution is -1.88. The molecule has 0 saturated heterocycles. The first kappa shape index (κ1) is 9.44. The van der Waals surface area contributed by atoms with Gasteiger partial charge in [-0.1, -0.05) is 41.5 Å². The molecule has 0 amide bonds. The van der Waals surface area contributed by atoms with Gasteiger partial charge in [0.2, 0.25) is 0 Å². The summed E-state index contributed by atoms with van der Waals surface area (Å²) in [6.07, 6.45) is 1.97. The quantitative estimate of drug-likeness (QED) is 0.459. The normalized spacial score (nSPS) is 13.8. The van der Waals surface area contributed by atoms with Gasteiger partial charge in [-0.15, -0.1) is 6.58 Å². The second-order valence-electron chi connectivity index (χ2n) is 2.18. The van der Waals surface area contributed by atoms with Gasteiger partial charge in [0.05, 0.1) is 0 Å². The molecule has 0 aliphatic carbocycles. The van der Waals surface area contributed by atoms with Crippen molar-refractivity contribution in [1.82, 2.24) is 0 Å². The zero-order valence-electron chi connectivity index (χ0n) is 6.26. The van der Waals surface area contributed by atoms with Crippen molar-refractivity contribution in [2.24, 2.45) is 0 Å². The third-order valence-electron chi connectivity index (χ3n) is 0.732. The lowest BCUT2D eigenvalue weighted by molar-refractivity contribution is 1.12. The van der Waals surface area contributed by atoms with Gasteiger partial charge in [0.25, 0.3) is 0 Å². The SMILES string of the molecule is C=CC(C)SSC(C)C. The fourth-order valence-electron chi connectivity index (χ4n) is 0.238. The third-order valence-corrected chi connectivity index (χ3v) is 4.12. The van der Waals surface area contributed by atoms with Crippen molar-refractivity contribution in [1.29, 1.82) is 0 Å². The minimum Gasteiger partial charge on any atom is -0.102 e. The van der Waals surface area contributed by atoms with Crippen LogP contribution in [0.15, 0.2) is 12.7 Å². The molecular weight excluding hydrogens is 148 g/mol. The highest BCUT2D eigenvalue weighted by atomic mass is 33.1. The average molecular weight is 162 g/mol. The summed E-state index contributed by atoms with van der Waals surface area (Å²) in [5.41, 5.74) is 0. The van der Waals surface area contributed by atoms with Crippen LogP contribution in [0.5, 0.6) is 0 Å². The van der Waals surface area contributed by atoms with Gasteiger partial charge < -0.3 is 0 Å². The molecule has 0 aliphatic heterocycles. The van der Waals surface area contributed by atoms with Gasteiger partial charge in [0.1, 0.15) is 0 Å². The molecule has 0 aliphatic rings. The fraction of sp³-hybridized carbons (Fsp3) is 0.714. The summed E-state index contributed by atoms with van der Waals surface area (Å²) in [4.78, 5) is 0. The molecule has 0 rings (SSSR count). The highest BCUT2D eigenvalue weighted by Crippen LogP contribution is 2.30. The maximum Gasteiger partial charge on any atom is 0.0300 e. The number of hydrogen-bond acceptors (Lipinski definition) is 2. The van der Waals surface area contributed by atoms with E-state index in [1.54, 1.807) is 0 Å². The fourth-order valence-corrected chi connectivity index (χ4v) is 2.14. The second-order valence-corrected chi connectivity index (χ2v) is 5.41. The topological polar surface area (TPSA) is 0 Å². The van der Waals surface area contributed by atoms with Gasteiger partial charge in [0, 0.05) is 10.5 Å². The van der Waals surface area contributed by atoms with E-state index in [0.29, 0.717) is 5.25 Å². The summed E-state index contributed by atoms with van der Waals surface area (Å²) in [6, 6.07) is 0. The molecule has 1 atom stereocenters. The van der Waals surface area contributed by atoms with Crippen LogP contribution >= 0.6 is 21.6 Å². The van der Waals surface area contributed by atoms with Crippen LogP contribution in [-0.4, -0.2) is 10.5 Å². The van der Waals surface area contributed by atoms with E-state index in [2.05, 4.69) is 27.4 Å². The van der Waals surface area contributed by atoms with E-state index in [1.807, 2.05) is 27.7 Å². The predicted octanol–water partition coefficient (Wildman–Crippen LogP) is 3.35. The molecule has 54 valence electrons. The lowest BCUT2D eigenvalue weighted by atomic mass is 10.5. The van der Waals surface area contributed by atoms with Crippen molar-refractivity contribution in [2.45, 2.75) is 31.3 Å². The average Bonchev–Trinajstić information content (AvgIpc) is 1.83. The summed E-state index contributed by atoms with van der Waals surface area (Å²) in [6.45, 7) is 10.3. The maximum atomic E-state index is 3.70. The first-order chi connectivity index (χ1) is 4.16. The smallest absolute Gasteiger partial charge is 0.0300 e. The highest BCUT2D eigenvalue weighted by Gasteiger charge is 1.98. The Bertz CT molecular complexity index is 79.0. The van der Waals surface area contributed by atoms with E-state index in [1.165, 1.54) is 0 Å². The Labute approximate surface area is 65.9 Å². The van der Waals surface area contributed by atoms with Gasteiger partial charge in [-0.3, -0.25) is 0 Å². The van der Waals surface area contributed by atoms with Crippen molar-refractivity contribution in [2.75, 3.05) is 0 Å². The molecule has 9 heavy (non-hydrogen) atoms. The zero-order chi connectivity index (χ0) is 7.28. The third kappa shape index (κ3) is 6.32. The van der Waals surface area contributed by atoms with E-state index >= 15 is 0 Å². The van der Waals surface area contributed by atoms with E-state index in [0.717, 1.165) is 5.25 Å². The van der Waals surface area contributed by atoms with Crippen LogP contribution in [0.25, 0.3) is 0 Å². The molecule has 0 heterocycles. The van der Waals surface area contributed by atoms with Crippen LogP contribution in [0.2, 0.25) is 0 Å². The van der Waals surface area contributed by atoms with Gasteiger partial charge in [-0.05, 0) is 6.92 Å². The zero-order valence-corrected chi connectivity index (χ0v) is 7.89. The van der Waals surface area contributed by atoms with Crippen molar-refractivity contribution >= 4 is 21.6 Å². The van der Waals surface area contributed by atoms with Crippen molar-refractivity contribution in [3.63, 3.8) is 0 Å². The Hall–Kier alpha value is 0.440. The van der Waals surface area contributed by atoms with Crippen LogP contribution in [0, 0.1) is 0 Å². The lowest BCUT2D eigenvalue weighted by Gasteiger charge is -2.05. The van der Waals surface area contributed by atoms with Crippen LogP contribution < -0.4 is 0 Å². The van der Waals surface area contributed by atoms with Gasteiger partial charge in [-0.2, -0.15) is 0 Å². The van der Waals surface area contributed by atoms with Crippen LogP contribution in [-0.2, 0) is 0 Å². The Morgan fingerprint density at radius 1 is 1.22 bits per heavy atom. The van der Waals surface area contributed by atoms with Crippen LogP contribution in [0.1, 0.15) is 20.8 Å². The molecule has 0 spiro atoms. The Kier molecular flexibility index (Phi) is 5.50. The molecule has 0 bridgehead atoms. The summed E-state index contributed by atoms with van der Waals surface area (Å²) in [5, 5.41) is 1.30. The molecule has 0 aromatic heterocycles. The molecule has 0 N–H and O–H groups in total. The number of rotatable bonds is 4.